The summed E-state index contributed by atoms with van der Waals surface area (Å²) in [6.45, 7) is 2.15. The van der Waals surface area contributed by atoms with Crippen molar-refractivity contribution in [1.82, 2.24) is 19.7 Å². The summed E-state index contributed by atoms with van der Waals surface area (Å²) in [5, 5.41) is 7.40. The summed E-state index contributed by atoms with van der Waals surface area (Å²) in [5.74, 6) is 1.30. The maximum atomic E-state index is 11.2. The first-order chi connectivity index (χ1) is 15.5. The van der Waals surface area contributed by atoms with Gasteiger partial charge in [0.1, 0.15) is 17.5 Å². The van der Waals surface area contributed by atoms with Crippen LogP contribution in [0.15, 0.2) is 60.2 Å². The van der Waals surface area contributed by atoms with E-state index in [0.717, 1.165) is 33.7 Å². The van der Waals surface area contributed by atoms with E-state index in [1.54, 1.807) is 44.3 Å². The molecule has 2 heterocycles. The lowest BCUT2D eigenvalue weighted by atomic mass is 10.1. The number of methoxy groups -OCH3 is 2. The Balaban J connectivity index is 1.81. The second-order valence-corrected chi connectivity index (χ2v) is 7.47. The number of aryl methyl sites for hydroxylation is 1. The highest BCUT2D eigenvalue weighted by Gasteiger charge is 2.17. The molecule has 9 nitrogen and oxygen atoms in total. The molecule has 0 radical (unpaired) electrons. The molecule has 0 N–H and O–H groups in total. The molecular weight excluding hydrogens is 408 g/mol. The van der Waals surface area contributed by atoms with Crippen LogP contribution in [0.1, 0.15) is 6.92 Å². The van der Waals surface area contributed by atoms with Gasteiger partial charge in [-0.3, -0.25) is 9.67 Å². The van der Waals surface area contributed by atoms with Crippen LogP contribution in [0.5, 0.6) is 11.5 Å². The Kier molecular flexibility index (Phi) is 5.98. The van der Waals surface area contributed by atoms with Crippen LogP contribution in [0.25, 0.3) is 22.3 Å². The fourth-order valence-electron chi connectivity index (χ4n) is 3.47. The number of fused-ring (bicyclic) bond motifs is 1. The van der Waals surface area contributed by atoms with Gasteiger partial charge in [-0.25, -0.2) is 4.98 Å². The number of hydrogen-bond donors (Lipinski definition) is 0. The maximum absolute atomic E-state index is 11.2. The third kappa shape index (κ3) is 4.36. The molecule has 2 aromatic heterocycles. The molecule has 0 amide bonds. The minimum absolute atomic E-state index is 0.376. The van der Waals surface area contributed by atoms with Crippen molar-refractivity contribution < 1.29 is 9.47 Å². The molecule has 9 heteroatoms. The van der Waals surface area contributed by atoms with Crippen LogP contribution in [0, 0.1) is 4.91 Å². The highest BCUT2D eigenvalue weighted by atomic mass is 16.5. The van der Waals surface area contributed by atoms with E-state index in [1.807, 2.05) is 48.5 Å². The SMILES string of the molecule is COc1cc(OC)cc(N(CC(C)N=O)c2ccc3ncc(-c4cnn(C)c4)nc3c2)c1. The third-order valence-corrected chi connectivity index (χ3v) is 5.11. The van der Waals surface area contributed by atoms with Crippen LogP contribution >= 0.6 is 0 Å². The predicted octanol–water partition coefficient (Wildman–Crippen LogP) is 4.34. The van der Waals surface area contributed by atoms with Gasteiger partial charge in [-0.1, -0.05) is 5.18 Å². The third-order valence-electron chi connectivity index (χ3n) is 5.11. The number of rotatable bonds is 8. The predicted molar refractivity (Wildman–Crippen MR) is 124 cm³/mol. The number of aromatic nitrogens is 4. The summed E-state index contributed by atoms with van der Waals surface area (Å²) in [4.78, 5) is 22.5. The van der Waals surface area contributed by atoms with E-state index >= 15 is 0 Å². The maximum Gasteiger partial charge on any atom is 0.124 e. The van der Waals surface area contributed by atoms with Gasteiger partial charge in [0.2, 0.25) is 0 Å². The topological polar surface area (TPSA) is 94.7 Å². The van der Waals surface area contributed by atoms with Crippen molar-refractivity contribution in [1.29, 1.82) is 0 Å². The fraction of sp³-hybridized carbons (Fsp3) is 0.261. The molecule has 0 spiro atoms. The van der Waals surface area contributed by atoms with Gasteiger partial charge in [-0.05, 0) is 25.1 Å². The van der Waals surface area contributed by atoms with Crippen molar-refractivity contribution in [3.8, 4) is 22.8 Å². The van der Waals surface area contributed by atoms with Gasteiger partial charge in [-0.2, -0.15) is 10.0 Å². The van der Waals surface area contributed by atoms with E-state index in [1.165, 1.54) is 0 Å². The zero-order valence-corrected chi connectivity index (χ0v) is 18.4. The van der Waals surface area contributed by atoms with Crippen molar-refractivity contribution in [3.63, 3.8) is 0 Å². The van der Waals surface area contributed by atoms with Gasteiger partial charge in [0.25, 0.3) is 0 Å². The van der Waals surface area contributed by atoms with E-state index in [0.29, 0.717) is 18.0 Å². The number of ether oxygens (including phenoxy) is 2. The van der Waals surface area contributed by atoms with Gasteiger partial charge < -0.3 is 14.4 Å². The van der Waals surface area contributed by atoms with Crippen LogP contribution in [0.3, 0.4) is 0 Å². The Hall–Kier alpha value is -4.01. The van der Waals surface area contributed by atoms with Crippen molar-refractivity contribution in [2.45, 2.75) is 13.0 Å². The molecular formula is C23H24N6O3. The normalized spacial score (nSPS) is 11.9. The van der Waals surface area contributed by atoms with E-state index in [9.17, 15) is 4.91 Å². The lowest BCUT2D eigenvalue weighted by Crippen LogP contribution is -2.25. The summed E-state index contributed by atoms with van der Waals surface area (Å²) in [6, 6.07) is 11.0. The monoisotopic (exact) mass is 432 g/mol. The molecule has 4 rings (SSSR count). The molecule has 0 fully saturated rings. The highest BCUT2D eigenvalue weighted by Crippen LogP contribution is 2.34. The molecule has 1 atom stereocenters. The van der Waals surface area contributed by atoms with Gasteiger partial charge in [0, 0.05) is 54.9 Å². The van der Waals surface area contributed by atoms with E-state index in [-0.39, 0.29) is 0 Å². The molecule has 164 valence electrons. The second-order valence-electron chi connectivity index (χ2n) is 7.47. The molecule has 0 saturated heterocycles. The van der Waals surface area contributed by atoms with Crippen LogP contribution in [0.2, 0.25) is 0 Å². The summed E-state index contributed by atoms with van der Waals surface area (Å²) < 4.78 is 12.6. The van der Waals surface area contributed by atoms with Gasteiger partial charge in [0.05, 0.1) is 43.3 Å². The summed E-state index contributed by atoms with van der Waals surface area (Å²) in [7, 11) is 5.06. The average molecular weight is 432 g/mol. The second kappa shape index (κ2) is 9.01. The van der Waals surface area contributed by atoms with E-state index < -0.39 is 6.04 Å². The Morgan fingerprint density at radius 2 is 1.78 bits per heavy atom. The van der Waals surface area contributed by atoms with Crippen molar-refractivity contribution in [2.75, 3.05) is 25.7 Å². The lowest BCUT2D eigenvalue weighted by molar-refractivity contribution is 0.394. The number of anilines is 2. The van der Waals surface area contributed by atoms with Crippen LogP contribution in [0.4, 0.5) is 11.4 Å². The summed E-state index contributed by atoms with van der Waals surface area (Å²) in [6.07, 6.45) is 5.39. The first-order valence-corrected chi connectivity index (χ1v) is 10.1. The Bertz CT molecular complexity index is 1230. The highest BCUT2D eigenvalue weighted by molar-refractivity contribution is 5.82. The van der Waals surface area contributed by atoms with Gasteiger partial charge in [0.15, 0.2) is 0 Å². The first kappa shape index (κ1) is 21.2. The van der Waals surface area contributed by atoms with Crippen LogP contribution in [-0.4, -0.2) is 46.6 Å². The van der Waals surface area contributed by atoms with Gasteiger partial charge >= 0.3 is 0 Å². The van der Waals surface area contributed by atoms with Crippen molar-refractivity contribution in [2.24, 2.45) is 12.2 Å². The molecule has 0 aliphatic rings. The molecule has 0 aliphatic heterocycles. The molecule has 0 aliphatic carbocycles. The van der Waals surface area contributed by atoms with Crippen LogP contribution < -0.4 is 14.4 Å². The lowest BCUT2D eigenvalue weighted by Gasteiger charge is -2.27. The minimum Gasteiger partial charge on any atom is -0.497 e. The Morgan fingerprint density at radius 3 is 2.41 bits per heavy atom. The summed E-state index contributed by atoms with van der Waals surface area (Å²) in [5.41, 5.74) is 4.79. The first-order valence-electron chi connectivity index (χ1n) is 10.1. The number of nitrogens with zero attached hydrogens (tertiary/aromatic N) is 6. The average Bonchev–Trinajstić information content (AvgIpc) is 3.27. The van der Waals surface area contributed by atoms with Crippen LogP contribution in [-0.2, 0) is 7.05 Å². The summed E-state index contributed by atoms with van der Waals surface area (Å²) >= 11 is 0. The van der Waals surface area contributed by atoms with Gasteiger partial charge in [-0.15, -0.1) is 0 Å². The Labute approximate surface area is 185 Å². The smallest absolute Gasteiger partial charge is 0.124 e. The number of benzene rings is 2. The minimum atomic E-state index is -0.435. The molecule has 1 unspecified atom stereocenters. The van der Waals surface area contributed by atoms with E-state index in [4.69, 9.17) is 14.5 Å². The standard InChI is InChI=1S/C23H24N6O3/c1-15(27-30)13-29(18-7-19(31-3)10-20(8-18)32-4)17-5-6-21-22(9-17)26-23(12-24-21)16-11-25-28(2)14-16/h5-12,14-15H,13H2,1-4H3. The Morgan fingerprint density at radius 1 is 1.03 bits per heavy atom. The van der Waals surface area contributed by atoms with E-state index in [2.05, 4.69) is 15.3 Å². The van der Waals surface area contributed by atoms with Crippen molar-refractivity contribution >= 4 is 22.4 Å². The molecule has 0 bridgehead atoms. The molecule has 2 aromatic carbocycles. The zero-order valence-electron chi connectivity index (χ0n) is 18.4. The molecule has 4 aromatic rings. The van der Waals surface area contributed by atoms with Crippen molar-refractivity contribution in [3.05, 3.63) is 59.9 Å². The quantitative estimate of drug-likeness (QED) is 0.382. The largest absolute Gasteiger partial charge is 0.497 e. The molecule has 32 heavy (non-hydrogen) atoms. The fourth-order valence-corrected chi connectivity index (χ4v) is 3.47. The number of hydrogen-bond acceptors (Lipinski definition) is 8. The zero-order chi connectivity index (χ0) is 22.7. The molecule has 0 saturated carbocycles. The number of nitroso groups, excluding NO2 is 1.